The third-order valence-electron chi connectivity index (χ3n) is 0.457. The van der Waals surface area contributed by atoms with E-state index in [1.165, 1.54) is 6.08 Å². The van der Waals surface area contributed by atoms with Gasteiger partial charge in [0.1, 0.15) is 0 Å². The Hall–Kier alpha value is -0.620. The predicted octanol–water partition coefficient (Wildman–Crippen LogP) is 0.848. The Morgan fingerprint density at radius 3 is 2.71 bits per heavy atom. The second kappa shape index (κ2) is 3.57. The average molecular weight is 114 g/mol. The maximum Gasteiger partial charge on any atom is 0.0930 e. The maximum absolute atomic E-state index is 7.97. The van der Waals surface area contributed by atoms with Crippen LogP contribution >= 0.6 is 12.8 Å². The van der Waals surface area contributed by atoms with E-state index in [9.17, 15) is 0 Å². The molecule has 0 saturated carbocycles. The molecular weight excluding hydrogens is 108 g/mol. The molecule has 0 aromatic rings. The largest absolute Gasteiger partial charge is 0.336 e. The van der Waals surface area contributed by atoms with E-state index >= 15 is 0 Å². The summed E-state index contributed by atoms with van der Waals surface area (Å²) in [6, 6.07) is 1.84. The predicted molar refractivity (Wildman–Crippen MR) is 31.5 cm³/mol. The first-order valence-corrected chi connectivity index (χ1v) is 2.22. The molecule has 0 aromatic carbocycles. The Morgan fingerprint density at radius 2 is 2.57 bits per heavy atom. The van der Waals surface area contributed by atoms with Gasteiger partial charge in [0.25, 0.3) is 0 Å². The van der Waals surface area contributed by atoms with Crippen molar-refractivity contribution >= 4 is 12.8 Å². The summed E-state index contributed by atoms with van der Waals surface area (Å²) in [5.74, 6) is 0. The van der Waals surface area contributed by atoms with Crippen LogP contribution in [0.3, 0.4) is 0 Å². The van der Waals surface area contributed by atoms with Crippen LogP contribution in [0.5, 0.6) is 0 Å². The van der Waals surface area contributed by atoms with Crippen molar-refractivity contribution < 1.29 is 0 Å². The number of rotatable bonds is 1. The summed E-state index contributed by atoms with van der Waals surface area (Å²) >= 11 is 3.68. The Bertz CT molecular complexity index is 111. The van der Waals surface area contributed by atoms with Gasteiger partial charge in [-0.15, -0.1) is 0 Å². The van der Waals surface area contributed by atoms with Crippen LogP contribution in [0.25, 0.3) is 0 Å². The Labute approximate surface area is 48.4 Å². The van der Waals surface area contributed by atoms with Crippen molar-refractivity contribution in [2.24, 2.45) is 0 Å². The van der Waals surface area contributed by atoms with Gasteiger partial charge in [0.2, 0.25) is 0 Å². The van der Waals surface area contributed by atoms with Crippen molar-refractivity contribution in [2.45, 2.75) is 6.92 Å². The highest BCUT2D eigenvalue weighted by Gasteiger charge is 1.74. The third kappa shape index (κ3) is 3.20. The molecule has 0 aliphatic carbocycles. The van der Waals surface area contributed by atoms with Crippen LogP contribution < -0.4 is 4.72 Å². The van der Waals surface area contributed by atoms with E-state index in [0.29, 0.717) is 0 Å². The molecule has 0 atom stereocenters. The van der Waals surface area contributed by atoms with Gasteiger partial charge in [-0.25, -0.2) is 0 Å². The molecule has 0 heterocycles. The highest BCUT2D eigenvalue weighted by Crippen LogP contribution is 1.82. The van der Waals surface area contributed by atoms with Crippen LogP contribution in [0.4, 0.5) is 0 Å². The van der Waals surface area contributed by atoms with Crippen LogP contribution in [0.1, 0.15) is 6.92 Å². The minimum Gasteiger partial charge on any atom is -0.336 e. The van der Waals surface area contributed by atoms with Gasteiger partial charge in [0.15, 0.2) is 0 Å². The summed E-state index contributed by atoms with van der Waals surface area (Å²) in [4.78, 5) is 0. The van der Waals surface area contributed by atoms with E-state index < -0.39 is 0 Å². The molecule has 2 nitrogen and oxygen atoms in total. The van der Waals surface area contributed by atoms with Gasteiger partial charge in [0, 0.05) is 11.8 Å². The lowest BCUT2D eigenvalue weighted by Crippen LogP contribution is -1.91. The maximum atomic E-state index is 7.97. The molecule has 0 rings (SSSR count). The number of nitrogens with zero attached hydrogens (tertiary/aromatic N) is 1. The standard InChI is InChI=1S/C4H6N2S/c1-4(6-7)2-3-5/h2,6-7H,1H3/b4-2+. The Balaban J connectivity index is 3.56. The summed E-state index contributed by atoms with van der Waals surface area (Å²) < 4.78 is 2.50. The van der Waals surface area contributed by atoms with E-state index in [-0.39, 0.29) is 0 Å². The van der Waals surface area contributed by atoms with Crippen LogP contribution in [0, 0.1) is 11.3 Å². The van der Waals surface area contributed by atoms with Crippen molar-refractivity contribution in [2.75, 3.05) is 0 Å². The van der Waals surface area contributed by atoms with Gasteiger partial charge < -0.3 is 4.72 Å². The zero-order valence-corrected chi connectivity index (χ0v) is 4.87. The van der Waals surface area contributed by atoms with E-state index in [1.54, 1.807) is 6.92 Å². The van der Waals surface area contributed by atoms with Crippen molar-refractivity contribution in [1.82, 2.24) is 4.72 Å². The molecule has 7 heavy (non-hydrogen) atoms. The van der Waals surface area contributed by atoms with Gasteiger partial charge in [-0.2, -0.15) is 5.26 Å². The number of hydrogen-bond acceptors (Lipinski definition) is 3. The summed E-state index contributed by atoms with van der Waals surface area (Å²) in [6.45, 7) is 1.76. The first-order chi connectivity index (χ1) is 3.31. The topological polar surface area (TPSA) is 35.8 Å². The lowest BCUT2D eigenvalue weighted by Gasteiger charge is -1.88. The molecule has 0 aliphatic heterocycles. The first kappa shape index (κ1) is 6.38. The van der Waals surface area contributed by atoms with Gasteiger partial charge in [-0.3, -0.25) is 0 Å². The second-order valence-corrected chi connectivity index (χ2v) is 1.29. The van der Waals surface area contributed by atoms with Crippen molar-refractivity contribution in [3.63, 3.8) is 0 Å². The molecule has 0 aliphatic rings. The fourth-order valence-corrected chi connectivity index (χ4v) is 0.194. The second-order valence-electron chi connectivity index (χ2n) is 1.07. The van der Waals surface area contributed by atoms with Crippen molar-refractivity contribution in [3.8, 4) is 6.07 Å². The zero-order chi connectivity index (χ0) is 5.70. The molecule has 1 N–H and O–H groups in total. The molecule has 0 saturated heterocycles. The lowest BCUT2D eigenvalue weighted by atomic mass is 10.5. The molecule has 3 heteroatoms. The van der Waals surface area contributed by atoms with Crippen molar-refractivity contribution in [1.29, 1.82) is 5.26 Å². The molecule has 0 spiro atoms. The normalized spacial score (nSPS) is 10.1. The number of thiol groups is 1. The fourth-order valence-electron chi connectivity index (χ4n) is 0.129. The van der Waals surface area contributed by atoms with Gasteiger partial charge in [-0.05, 0) is 6.92 Å². The smallest absolute Gasteiger partial charge is 0.0930 e. The van der Waals surface area contributed by atoms with Gasteiger partial charge >= 0.3 is 0 Å². The quantitative estimate of drug-likeness (QED) is 0.391. The summed E-state index contributed by atoms with van der Waals surface area (Å²) in [5.41, 5.74) is 0.755. The monoisotopic (exact) mass is 114 g/mol. The highest BCUT2D eigenvalue weighted by atomic mass is 32.1. The zero-order valence-electron chi connectivity index (χ0n) is 3.97. The molecule has 0 bridgehead atoms. The van der Waals surface area contributed by atoms with Crippen LogP contribution in [-0.2, 0) is 0 Å². The minimum absolute atomic E-state index is 0.755. The number of nitriles is 1. The molecular formula is C4H6N2S. The van der Waals surface area contributed by atoms with Gasteiger partial charge in [-0.1, -0.05) is 12.8 Å². The third-order valence-corrected chi connectivity index (χ3v) is 0.810. The van der Waals surface area contributed by atoms with Crippen LogP contribution in [-0.4, -0.2) is 0 Å². The summed E-state index contributed by atoms with van der Waals surface area (Å²) in [5, 5.41) is 7.97. The van der Waals surface area contributed by atoms with E-state index in [4.69, 9.17) is 5.26 Å². The minimum atomic E-state index is 0.755. The highest BCUT2D eigenvalue weighted by molar-refractivity contribution is 7.78. The molecule has 0 fully saturated rings. The molecule has 0 amide bonds. The number of hydrogen-bond donors (Lipinski definition) is 2. The van der Waals surface area contributed by atoms with E-state index in [1.807, 2.05) is 6.07 Å². The summed E-state index contributed by atoms with van der Waals surface area (Å²) in [6.07, 6.45) is 1.38. The van der Waals surface area contributed by atoms with Crippen LogP contribution in [0.15, 0.2) is 11.8 Å². The van der Waals surface area contributed by atoms with E-state index in [2.05, 4.69) is 17.5 Å². The summed E-state index contributed by atoms with van der Waals surface area (Å²) in [7, 11) is 0. The Kier molecular flexibility index (Phi) is 3.25. The molecule has 0 radical (unpaired) electrons. The fraction of sp³-hybridized carbons (Fsp3) is 0.250. The Morgan fingerprint density at radius 1 is 2.00 bits per heavy atom. The first-order valence-electron chi connectivity index (χ1n) is 1.77. The van der Waals surface area contributed by atoms with Gasteiger partial charge in [0.05, 0.1) is 6.07 Å². The molecule has 38 valence electrons. The van der Waals surface area contributed by atoms with E-state index in [0.717, 1.165) is 5.70 Å². The SMILES string of the molecule is C/C(=C\C#N)NS. The molecule has 0 aromatic heterocycles. The van der Waals surface area contributed by atoms with Crippen molar-refractivity contribution in [3.05, 3.63) is 11.8 Å². The number of nitrogens with one attached hydrogen (secondary N) is 1. The lowest BCUT2D eigenvalue weighted by molar-refractivity contribution is 1.21. The average Bonchev–Trinajstić information content (AvgIpc) is 1.68. The number of allylic oxidation sites excluding steroid dienone is 2. The molecule has 0 unspecified atom stereocenters. The van der Waals surface area contributed by atoms with Crippen LogP contribution in [0.2, 0.25) is 0 Å².